The third kappa shape index (κ3) is 3.48. The van der Waals surface area contributed by atoms with E-state index in [1.807, 2.05) is 28.8 Å². The van der Waals surface area contributed by atoms with Gasteiger partial charge in [0.25, 0.3) is 0 Å². The van der Waals surface area contributed by atoms with Gasteiger partial charge < -0.3 is 10.1 Å². The van der Waals surface area contributed by atoms with E-state index in [9.17, 15) is 4.79 Å². The highest BCUT2D eigenvalue weighted by atomic mass is 32.1. The van der Waals surface area contributed by atoms with Crippen molar-refractivity contribution in [3.8, 4) is 5.75 Å². The molecule has 25 heavy (non-hydrogen) atoms. The van der Waals surface area contributed by atoms with Crippen molar-refractivity contribution in [2.45, 2.75) is 38.1 Å². The van der Waals surface area contributed by atoms with Gasteiger partial charge >= 0.3 is 0 Å². The number of benzene rings is 1. The molecule has 2 aromatic heterocycles. The molecule has 3 aromatic rings. The molecule has 0 saturated heterocycles. The van der Waals surface area contributed by atoms with Crippen LogP contribution in [0.3, 0.4) is 0 Å². The van der Waals surface area contributed by atoms with Crippen molar-refractivity contribution < 1.29 is 9.53 Å². The number of carbonyl (C=O) groups is 1. The van der Waals surface area contributed by atoms with Crippen molar-refractivity contribution in [1.29, 1.82) is 0 Å². The maximum Gasteiger partial charge on any atom is 0.234 e. The minimum atomic E-state index is -0.000659. The van der Waals surface area contributed by atoms with Crippen LogP contribution in [0.15, 0.2) is 24.3 Å². The molecular weight excluding hydrogens is 338 g/mol. The van der Waals surface area contributed by atoms with Gasteiger partial charge in [-0.2, -0.15) is 9.61 Å². The third-order valence-corrected chi connectivity index (χ3v) is 5.19. The molecule has 4 rings (SSSR count). The number of hydrogen-bond donors (Lipinski definition) is 1. The van der Waals surface area contributed by atoms with Crippen LogP contribution in [-0.4, -0.2) is 32.8 Å². The standard InChI is InChI=1S/C17H19N5O2S/c1-24-13-5-3-2-4-12(13)10-18-14(23)8-9-15-21-22-16(11-6-7-11)19-20-17(22)25-15/h2-5,11H,6-10H2,1H3,(H,18,23). The molecule has 7 nitrogen and oxygen atoms in total. The zero-order chi connectivity index (χ0) is 17.2. The van der Waals surface area contributed by atoms with Gasteiger partial charge in [0, 0.05) is 30.9 Å². The molecule has 0 spiro atoms. The number of para-hydroxylation sites is 1. The predicted octanol–water partition coefficient (Wildman–Crippen LogP) is 2.32. The number of hydrogen-bond acceptors (Lipinski definition) is 6. The molecule has 8 heteroatoms. The Bertz CT molecular complexity index is 899. The number of ether oxygens (including phenoxy) is 1. The van der Waals surface area contributed by atoms with Gasteiger partial charge in [-0.1, -0.05) is 29.5 Å². The summed E-state index contributed by atoms with van der Waals surface area (Å²) in [5.74, 6) is 2.25. The molecule has 0 bridgehead atoms. The highest BCUT2D eigenvalue weighted by Gasteiger charge is 2.30. The lowest BCUT2D eigenvalue weighted by atomic mass is 10.2. The Morgan fingerprint density at radius 3 is 3.00 bits per heavy atom. The van der Waals surface area contributed by atoms with Crippen LogP contribution in [-0.2, 0) is 17.8 Å². The number of aromatic nitrogens is 4. The Morgan fingerprint density at radius 1 is 1.36 bits per heavy atom. The number of nitrogens with zero attached hydrogens (tertiary/aromatic N) is 4. The van der Waals surface area contributed by atoms with Crippen molar-refractivity contribution in [2.75, 3.05) is 7.11 Å². The van der Waals surface area contributed by atoms with E-state index >= 15 is 0 Å². The van der Waals surface area contributed by atoms with Gasteiger partial charge in [0.15, 0.2) is 5.82 Å². The summed E-state index contributed by atoms with van der Waals surface area (Å²) in [7, 11) is 1.63. The van der Waals surface area contributed by atoms with Gasteiger partial charge in [0.1, 0.15) is 10.8 Å². The Balaban J connectivity index is 1.32. The Labute approximate surface area is 149 Å². The van der Waals surface area contributed by atoms with E-state index in [0.717, 1.165) is 27.1 Å². The van der Waals surface area contributed by atoms with E-state index in [1.54, 1.807) is 7.11 Å². The van der Waals surface area contributed by atoms with Crippen LogP contribution < -0.4 is 10.1 Å². The summed E-state index contributed by atoms with van der Waals surface area (Å²) in [6, 6.07) is 7.67. The van der Waals surface area contributed by atoms with Crippen LogP contribution in [0.2, 0.25) is 0 Å². The Hall–Kier alpha value is -2.48. The molecule has 1 aliphatic rings. The first-order valence-corrected chi connectivity index (χ1v) is 9.16. The monoisotopic (exact) mass is 357 g/mol. The van der Waals surface area contributed by atoms with Gasteiger partial charge in [-0.15, -0.1) is 10.2 Å². The SMILES string of the molecule is COc1ccccc1CNC(=O)CCc1nn2c(C3CC3)nnc2s1. The van der Waals surface area contributed by atoms with Crippen LogP contribution in [0.25, 0.3) is 4.96 Å². The van der Waals surface area contributed by atoms with E-state index in [4.69, 9.17) is 4.74 Å². The molecular formula is C17H19N5O2S. The van der Waals surface area contributed by atoms with Gasteiger partial charge in [-0.25, -0.2) is 0 Å². The molecule has 1 N–H and O–H groups in total. The second-order valence-corrected chi connectivity index (χ2v) is 7.15. The van der Waals surface area contributed by atoms with Crippen LogP contribution in [0.5, 0.6) is 5.75 Å². The quantitative estimate of drug-likeness (QED) is 0.702. The lowest BCUT2D eigenvalue weighted by Gasteiger charge is -2.09. The molecule has 0 unspecified atom stereocenters. The number of fused-ring (bicyclic) bond motifs is 1. The van der Waals surface area contributed by atoms with Gasteiger partial charge in [0.2, 0.25) is 10.9 Å². The molecule has 1 saturated carbocycles. The second kappa shape index (κ2) is 6.79. The maximum atomic E-state index is 12.1. The van der Waals surface area contributed by atoms with Gasteiger partial charge in [-0.05, 0) is 18.9 Å². The second-order valence-electron chi connectivity index (χ2n) is 6.11. The minimum absolute atomic E-state index is 0.000659. The maximum absolute atomic E-state index is 12.1. The lowest BCUT2D eigenvalue weighted by Crippen LogP contribution is -2.23. The molecule has 0 aliphatic heterocycles. The summed E-state index contributed by atoms with van der Waals surface area (Å²) >= 11 is 1.50. The number of aryl methyl sites for hydroxylation is 1. The van der Waals surface area contributed by atoms with Crippen LogP contribution in [0, 0.1) is 0 Å². The first kappa shape index (κ1) is 16.0. The van der Waals surface area contributed by atoms with Crippen molar-refractivity contribution in [2.24, 2.45) is 0 Å². The molecule has 130 valence electrons. The zero-order valence-electron chi connectivity index (χ0n) is 13.9. The summed E-state index contributed by atoms with van der Waals surface area (Å²) in [5.41, 5.74) is 0.964. The number of methoxy groups -OCH3 is 1. The molecule has 2 heterocycles. The number of carbonyl (C=O) groups excluding carboxylic acids is 1. The topological polar surface area (TPSA) is 81.4 Å². The summed E-state index contributed by atoms with van der Waals surface area (Å²) in [4.78, 5) is 12.9. The molecule has 1 aliphatic carbocycles. The van der Waals surface area contributed by atoms with E-state index in [2.05, 4.69) is 20.6 Å². The smallest absolute Gasteiger partial charge is 0.234 e. The lowest BCUT2D eigenvalue weighted by molar-refractivity contribution is -0.121. The van der Waals surface area contributed by atoms with Crippen molar-refractivity contribution in [1.82, 2.24) is 25.1 Å². The van der Waals surface area contributed by atoms with Crippen LogP contribution in [0.4, 0.5) is 0 Å². The molecule has 1 fully saturated rings. The third-order valence-electron chi connectivity index (χ3n) is 4.23. The number of rotatable bonds is 7. The van der Waals surface area contributed by atoms with Gasteiger partial charge in [-0.3, -0.25) is 4.79 Å². The molecule has 0 atom stereocenters. The zero-order valence-corrected chi connectivity index (χ0v) is 14.8. The first-order valence-electron chi connectivity index (χ1n) is 8.34. The number of amides is 1. The highest BCUT2D eigenvalue weighted by Crippen LogP contribution is 2.39. The van der Waals surface area contributed by atoms with E-state index in [0.29, 0.717) is 25.3 Å². The van der Waals surface area contributed by atoms with Crippen LogP contribution in [0.1, 0.15) is 41.6 Å². The summed E-state index contributed by atoms with van der Waals surface area (Å²) < 4.78 is 7.13. The van der Waals surface area contributed by atoms with Crippen molar-refractivity contribution >= 4 is 22.2 Å². The fraction of sp³-hybridized carbons (Fsp3) is 0.412. The van der Waals surface area contributed by atoms with Gasteiger partial charge in [0.05, 0.1) is 7.11 Å². The molecule has 1 amide bonds. The first-order chi connectivity index (χ1) is 12.2. The van der Waals surface area contributed by atoms with E-state index in [-0.39, 0.29) is 5.91 Å². The summed E-state index contributed by atoms with van der Waals surface area (Å²) in [5, 5.41) is 16.8. The average Bonchev–Trinajstić information content (AvgIpc) is 3.27. The average molecular weight is 357 g/mol. The minimum Gasteiger partial charge on any atom is -0.496 e. The fourth-order valence-corrected chi connectivity index (χ4v) is 3.56. The van der Waals surface area contributed by atoms with E-state index < -0.39 is 0 Å². The summed E-state index contributed by atoms with van der Waals surface area (Å²) in [6.45, 7) is 0.458. The van der Waals surface area contributed by atoms with E-state index in [1.165, 1.54) is 24.2 Å². The summed E-state index contributed by atoms with van der Waals surface area (Å²) in [6.07, 6.45) is 3.34. The Kier molecular flexibility index (Phi) is 4.35. The highest BCUT2D eigenvalue weighted by molar-refractivity contribution is 7.16. The van der Waals surface area contributed by atoms with Crippen molar-refractivity contribution in [3.63, 3.8) is 0 Å². The number of nitrogens with one attached hydrogen (secondary N) is 1. The predicted molar refractivity (Wildman–Crippen MR) is 93.8 cm³/mol. The molecule has 1 aromatic carbocycles. The van der Waals surface area contributed by atoms with Crippen LogP contribution >= 0.6 is 11.3 Å². The largest absolute Gasteiger partial charge is 0.496 e. The van der Waals surface area contributed by atoms with Crippen molar-refractivity contribution in [3.05, 3.63) is 40.7 Å². The molecule has 0 radical (unpaired) electrons. The fourth-order valence-electron chi connectivity index (χ4n) is 2.72. The Morgan fingerprint density at radius 2 is 2.20 bits per heavy atom. The normalized spacial score (nSPS) is 14.0.